The molecular weight excluding hydrogens is 300 g/mol. The van der Waals surface area contributed by atoms with Gasteiger partial charge >= 0.3 is 0 Å². The number of ketones is 1. The maximum absolute atomic E-state index is 11.1. The van der Waals surface area contributed by atoms with Crippen LogP contribution in [0.2, 0.25) is 0 Å². The van der Waals surface area contributed by atoms with Crippen LogP contribution in [0.3, 0.4) is 0 Å². The Labute approximate surface area is 142 Å². The lowest BCUT2D eigenvalue weighted by Crippen LogP contribution is -2.47. The summed E-state index contributed by atoms with van der Waals surface area (Å²) in [5.41, 5.74) is 4.71. The molecular formula is C19H20N4O. The summed E-state index contributed by atoms with van der Waals surface area (Å²) in [7, 11) is 0. The second-order valence-electron chi connectivity index (χ2n) is 6.43. The quantitative estimate of drug-likeness (QED) is 0.866. The monoisotopic (exact) mass is 320 g/mol. The number of aromatic nitrogens is 2. The van der Waals surface area contributed by atoms with Gasteiger partial charge in [0.15, 0.2) is 5.69 Å². The van der Waals surface area contributed by atoms with Crippen molar-refractivity contribution >= 4 is 11.5 Å². The first kappa shape index (κ1) is 16.1. The molecule has 2 aromatic rings. The third-order valence-corrected chi connectivity index (χ3v) is 4.39. The smallest absolute Gasteiger partial charge is 0.162 e. The zero-order valence-electron chi connectivity index (χ0n) is 14.2. The van der Waals surface area contributed by atoms with Crippen LogP contribution in [-0.2, 0) is 4.79 Å². The van der Waals surface area contributed by atoms with Crippen LogP contribution in [0.4, 0.5) is 5.69 Å². The normalized spacial score (nSPS) is 14.2. The fraction of sp³-hybridized carbons (Fsp3) is 0.368. The number of rotatable bonds is 4. The van der Waals surface area contributed by atoms with E-state index in [1.54, 1.807) is 13.8 Å². The standard InChI is InChI=1S/C19H20N4O/c1-12(24)8-15-10-23(11-15)17-6-4-16(5-7-17)19-14(3)21-13(2)18(9-20)22-19/h4-7,15H,8,10-11H2,1-3H3. The number of Topliss-reactive ketones (excluding diaryl/α,β-unsaturated/α-hetero) is 1. The van der Waals surface area contributed by atoms with E-state index in [2.05, 4.69) is 33.1 Å². The Hall–Kier alpha value is -2.74. The maximum atomic E-state index is 11.1. The van der Waals surface area contributed by atoms with Crippen LogP contribution in [0.15, 0.2) is 24.3 Å². The van der Waals surface area contributed by atoms with Crippen molar-refractivity contribution in [1.29, 1.82) is 5.26 Å². The van der Waals surface area contributed by atoms with Crippen LogP contribution in [0.5, 0.6) is 0 Å². The largest absolute Gasteiger partial charge is 0.371 e. The van der Waals surface area contributed by atoms with Crippen LogP contribution in [-0.4, -0.2) is 28.8 Å². The Morgan fingerprint density at radius 1 is 1.21 bits per heavy atom. The highest BCUT2D eigenvalue weighted by atomic mass is 16.1. The van der Waals surface area contributed by atoms with Crippen molar-refractivity contribution in [2.24, 2.45) is 5.92 Å². The minimum Gasteiger partial charge on any atom is -0.371 e. The van der Waals surface area contributed by atoms with Gasteiger partial charge in [0, 0.05) is 36.7 Å². The Kier molecular flexibility index (Phi) is 4.30. The van der Waals surface area contributed by atoms with E-state index in [1.165, 1.54) is 0 Å². The van der Waals surface area contributed by atoms with Gasteiger partial charge in [-0.1, -0.05) is 12.1 Å². The highest BCUT2D eigenvalue weighted by molar-refractivity contribution is 5.76. The number of nitrogens with zero attached hydrogens (tertiary/aromatic N) is 4. The number of anilines is 1. The molecule has 0 aliphatic carbocycles. The summed E-state index contributed by atoms with van der Waals surface area (Å²) in [5, 5.41) is 9.14. The van der Waals surface area contributed by atoms with Crippen molar-refractivity contribution in [3.05, 3.63) is 41.3 Å². The lowest BCUT2D eigenvalue weighted by atomic mass is 9.93. The van der Waals surface area contributed by atoms with Gasteiger partial charge < -0.3 is 9.69 Å². The SMILES string of the molecule is CC(=O)CC1CN(c2ccc(-c3nc(C#N)c(C)nc3C)cc2)C1. The zero-order valence-corrected chi connectivity index (χ0v) is 14.2. The van der Waals surface area contributed by atoms with Gasteiger partial charge in [-0.3, -0.25) is 4.98 Å². The van der Waals surface area contributed by atoms with E-state index < -0.39 is 0 Å². The second kappa shape index (κ2) is 6.40. The van der Waals surface area contributed by atoms with Gasteiger partial charge in [-0.2, -0.15) is 5.26 Å². The summed E-state index contributed by atoms with van der Waals surface area (Å²) in [6.07, 6.45) is 0.670. The van der Waals surface area contributed by atoms with Crippen LogP contribution < -0.4 is 4.90 Å². The van der Waals surface area contributed by atoms with Crippen molar-refractivity contribution in [3.8, 4) is 17.3 Å². The van der Waals surface area contributed by atoms with Gasteiger partial charge in [-0.15, -0.1) is 0 Å². The first-order chi connectivity index (χ1) is 11.5. The molecule has 0 radical (unpaired) electrons. The van der Waals surface area contributed by atoms with Crippen LogP contribution in [0.25, 0.3) is 11.3 Å². The summed E-state index contributed by atoms with van der Waals surface area (Å²) in [4.78, 5) is 22.3. The Morgan fingerprint density at radius 2 is 1.88 bits per heavy atom. The van der Waals surface area contributed by atoms with Gasteiger partial charge in [0.05, 0.1) is 17.1 Å². The zero-order chi connectivity index (χ0) is 17.3. The summed E-state index contributed by atoms with van der Waals surface area (Å²) >= 11 is 0. The molecule has 1 aliphatic heterocycles. The van der Waals surface area contributed by atoms with Gasteiger partial charge in [0.25, 0.3) is 0 Å². The Balaban J connectivity index is 1.77. The van der Waals surface area contributed by atoms with Crippen LogP contribution in [0, 0.1) is 31.1 Å². The molecule has 24 heavy (non-hydrogen) atoms. The molecule has 1 aliphatic rings. The van der Waals surface area contributed by atoms with Crippen molar-refractivity contribution < 1.29 is 4.79 Å². The Morgan fingerprint density at radius 3 is 2.46 bits per heavy atom. The molecule has 1 saturated heterocycles. The van der Waals surface area contributed by atoms with Gasteiger partial charge in [-0.25, -0.2) is 4.98 Å². The molecule has 0 amide bonds. The third-order valence-electron chi connectivity index (χ3n) is 4.39. The third kappa shape index (κ3) is 3.13. The number of aryl methyl sites for hydroxylation is 2. The predicted octanol–water partition coefficient (Wildman–Crippen LogP) is 3.05. The molecule has 1 fully saturated rings. The minimum atomic E-state index is 0.261. The first-order valence-corrected chi connectivity index (χ1v) is 8.08. The highest BCUT2D eigenvalue weighted by Crippen LogP contribution is 2.29. The summed E-state index contributed by atoms with van der Waals surface area (Å²) in [6, 6.07) is 10.2. The van der Waals surface area contributed by atoms with Gasteiger partial charge in [0.1, 0.15) is 11.9 Å². The topological polar surface area (TPSA) is 69.9 Å². The molecule has 0 atom stereocenters. The van der Waals surface area contributed by atoms with Gasteiger partial charge in [-0.05, 0) is 32.9 Å². The van der Waals surface area contributed by atoms with E-state index in [-0.39, 0.29) is 5.78 Å². The molecule has 0 bridgehead atoms. The molecule has 2 heterocycles. The molecule has 0 saturated carbocycles. The number of hydrogen-bond donors (Lipinski definition) is 0. The number of carbonyl (C=O) groups excluding carboxylic acids is 1. The molecule has 1 aromatic carbocycles. The van der Waals surface area contributed by atoms with E-state index in [1.807, 2.05) is 19.1 Å². The number of benzene rings is 1. The molecule has 122 valence electrons. The van der Waals surface area contributed by atoms with E-state index in [9.17, 15) is 4.79 Å². The Bertz CT molecular complexity index is 814. The molecule has 5 nitrogen and oxygen atoms in total. The summed E-state index contributed by atoms with van der Waals surface area (Å²) in [5.74, 6) is 0.738. The summed E-state index contributed by atoms with van der Waals surface area (Å²) < 4.78 is 0. The molecule has 5 heteroatoms. The van der Waals surface area contributed by atoms with Crippen LogP contribution in [0.1, 0.15) is 30.4 Å². The van der Waals surface area contributed by atoms with E-state index in [4.69, 9.17) is 5.26 Å². The second-order valence-corrected chi connectivity index (χ2v) is 6.43. The number of hydrogen-bond acceptors (Lipinski definition) is 5. The van der Waals surface area contributed by atoms with Crippen molar-refractivity contribution in [3.63, 3.8) is 0 Å². The van der Waals surface area contributed by atoms with Crippen molar-refractivity contribution in [2.45, 2.75) is 27.2 Å². The lowest BCUT2D eigenvalue weighted by Gasteiger charge is -2.40. The predicted molar refractivity (Wildman–Crippen MR) is 92.7 cm³/mol. The highest BCUT2D eigenvalue weighted by Gasteiger charge is 2.27. The number of nitriles is 1. The lowest BCUT2D eigenvalue weighted by molar-refractivity contribution is -0.118. The van der Waals surface area contributed by atoms with E-state index >= 15 is 0 Å². The van der Waals surface area contributed by atoms with Crippen molar-refractivity contribution in [2.75, 3.05) is 18.0 Å². The van der Waals surface area contributed by atoms with E-state index in [0.717, 1.165) is 35.7 Å². The van der Waals surface area contributed by atoms with Gasteiger partial charge in [0.2, 0.25) is 0 Å². The summed E-state index contributed by atoms with van der Waals surface area (Å²) in [6.45, 7) is 7.22. The van der Waals surface area contributed by atoms with Crippen molar-refractivity contribution in [1.82, 2.24) is 9.97 Å². The molecule has 1 aromatic heterocycles. The molecule has 0 N–H and O–H groups in total. The first-order valence-electron chi connectivity index (χ1n) is 8.08. The fourth-order valence-corrected chi connectivity index (χ4v) is 3.16. The molecule has 0 spiro atoms. The van der Waals surface area contributed by atoms with Crippen LogP contribution >= 0.6 is 0 Å². The number of carbonyl (C=O) groups is 1. The average molecular weight is 320 g/mol. The fourth-order valence-electron chi connectivity index (χ4n) is 3.16. The maximum Gasteiger partial charge on any atom is 0.162 e. The minimum absolute atomic E-state index is 0.261. The molecule has 0 unspecified atom stereocenters. The average Bonchev–Trinajstić information content (AvgIpc) is 2.51. The van der Waals surface area contributed by atoms with E-state index in [0.29, 0.717) is 23.7 Å². The molecule has 3 rings (SSSR count).